The van der Waals surface area contributed by atoms with Crippen molar-refractivity contribution in [3.05, 3.63) is 64.1 Å². The standard InChI is InChI=1S/C21H20ClN3O2S/c1-25-10-9-17-19(12-25)28-21(23-17)24-20(26)13-27-18-8-7-15(11-16(18)22)14-5-3-2-4-6-14/h2-8,11H,9-10,12-13H2,1H3,(H,23,24,26). The van der Waals surface area contributed by atoms with Crippen LogP contribution < -0.4 is 10.1 Å². The highest BCUT2D eigenvalue weighted by Crippen LogP contribution is 2.31. The zero-order valence-corrected chi connectivity index (χ0v) is 17.0. The first-order chi connectivity index (χ1) is 13.6. The minimum Gasteiger partial charge on any atom is -0.482 e. The van der Waals surface area contributed by atoms with E-state index in [9.17, 15) is 4.79 Å². The maximum atomic E-state index is 12.2. The van der Waals surface area contributed by atoms with Gasteiger partial charge in [-0.3, -0.25) is 10.1 Å². The summed E-state index contributed by atoms with van der Waals surface area (Å²) >= 11 is 7.86. The van der Waals surface area contributed by atoms with Gasteiger partial charge in [0.2, 0.25) is 0 Å². The molecule has 2 heterocycles. The lowest BCUT2D eigenvalue weighted by atomic mass is 10.1. The summed E-state index contributed by atoms with van der Waals surface area (Å²) in [4.78, 5) is 20.2. The second kappa shape index (κ2) is 8.31. The van der Waals surface area contributed by atoms with Crippen LogP contribution in [0.4, 0.5) is 5.13 Å². The third-order valence-corrected chi connectivity index (χ3v) is 5.86. The summed E-state index contributed by atoms with van der Waals surface area (Å²) in [5.41, 5.74) is 3.16. The third-order valence-electron chi connectivity index (χ3n) is 4.57. The summed E-state index contributed by atoms with van der Waals surface area (Å²) in [6, 6.07) is 15.5. The highest BCUT2D eigenvalue weighted by Gasteiger charge is 2.19. The predicted octanol–water partition coefficient (Wildman–Crippen LogP) is 4.47. The van der Waals surface area contributed by atoms with E-state index in [-0.39, 0.29) is 12.5 Å². The number of carbonyl (C=O) groups excluding carboxylic acids is 1. The number of ether oxygens (including phenoxy) is 1. The molecule has 0 saturated heterocycles. The lowest BCUT2D eigenvalue weighted by Crippen LogP contribution is -2.25. The summed E-state index contributed by atoms with van der Waals surface area (Å²) in [6.45, 7) is 1.75. The number of aromatic nitrogens is 1. The fourth-order valence-electron chi connectivity index (χ4n) is 3.10. The molecule has 3 aromatic rings. The second-order valence-electron chi connectivity index (χ2n) is 6.72. The van der Waals surface area contributed by atoms with Gasteiger partial charge in [0.1, 0.15) is 5.75 Å². The number of benzene rings is 2. The van der Waals surface area contributed by atoms with Gasteiger partial charge in [-0.2, -0.15) is 0 Å². The summed E-state index contributed by atoms with van der Waals surface area (Å²) in [7, 11) is 2.08. The Kier molecular flexibility index (Phi) is 5.62. The van der Waals surface area contributed by atoms with Crippen LogP contribution in [0, 0.1) is 0 Å². The van der Waals surface area contributed by atoms with Crippen LogP contribution in [0.25, 0.3) is 11.1 Å². The SMILES string of the molecule is CN1CCc2nc(NC(=O)COc3ccc(-c4ccccc4)cc3Cl)sc2C1. The number of carbonyl (C=O) groups is 1. The highest BCUT2D eigenvalue weighted by molar-refractivity contribution is 7.15. The van der Waals surface area contributed by atoms with Crippen LogP contribution in [-0.2, 0) is 17.8 Å². The monoisotopic (exact) mass is 413 g/mol. The van der Waals surface area contributed by atoms with E-state index in [0.717, 1.165) is 36.3 Å². The molecule has 0 unspecified atom stereocenters. The molecular formula is C21H20ClN3O2S. The Morgan fingerprint density at radius 2 is 2.07 bits per heavy atom. The number of nitrogens with one attached hydrogen (secondary N) is 1. The molecule has 0 fully saturated rings. The molecule has 5 nitrogen and oxygen atoms in total. The molecule has 1 aliphatic heterocycles. The lowest BCUT2D eigenvalue weighted by Gasteiger charge is -2.20. The third kappa shape index (κ3) is 4.35. The number of fused-ring (bicyclic) bond motifs is 1. The van der Waals surface area contributed by atoms with E-state index in [1.165, 1.54) is 16.2 Å². The number of anilines is 1. The molecule has 0 radical (unpaired) electrons. The molecule has 28 heavy (non-hydrogen) atoms. The summed E-state index contributed by atoms with van der Waals surface area (Å²) in [6.07, 6.45) is 0.915. The van der Waals surface area contributed by atoms with Crippen LogP contribution in [0.3, 0.4) is 0 Å². The summed E-state index contributed by atoms with van der Waals surface area (Å²) < 4.78 is 5.61. The van der Waals surface area contributed by atoms with Crippen LogP contribution in [0.15, 0.2) is 48.5 Å². The minimum atomic E-state index is -0.248. The van der Waals surface area contributed by atoms with E-state index in [0.29, 0.717) is 15.9 Å². The van der Waals surface area contributed by atoms with Gasteiger partial charge in [-0.05, 0) is 30.3 Å². The lowest BCUT2D eigenvalue weighted by molar-refractivity contribution is -0.118. The minimum absolute atomic E-state index is 0.117. The average Bonchev–Trinajstić information content (AvgIpc) is 3.09. The molecular weight excluding hydrogens is 394 g/mol. The highest BCUT2D eigenvalue weighted by atomic mass is 35.5. The van der Waals surface area contributed by atoms with Gasteiger partial charge in [0.05, 0.1) is 10.7 Å². The number of thiazole rings is 1. The van der Waals surface area contributed by atoms with Gasteiger partial charge in [0.25, 0.3) is 5.91 Å². The largest absolute Gasteiger partial charge is 0.482 e. The van der Waals surface area contributed by atoms with E-state index in [4.69, 9.17) is 16.3 Å². The molecule has 1 aromatic heterocycles. The Hall–Kier alpha value is -2.41. The van der Waals surface area contributed by atoms with Crippen molar-refractivity contribution in [1.29, 1.82) is 0 Å². The normalized spacial score (nSPS) is 13.8. The van der Waals surface area contributed by atoms with Crippen LogP contribution in [-0.4, -0.2) is 36.0 Å². The molecule has 4 rings (SSSR count). The van der Waals surface area contributed by atoms with E-state index >= 15 is 0 Å². The number of hydrogen-bond donors (Lipinski definition) is 1. The van der Waals surface area contributed by atoms with Crippen molar-refractivity contribution in [2.45, 2.75) is 13.0 Å². The molecule has 0 aliphatic carbocycles. The van der Waals surface area contributed by atoms with Gasteiger partial charge in [0, 0.05) is 24.4 Å². The molecule has 1 aliphatic rings. The summed E-state index contributed by atoms with van der Waals surface area (Å²) in [5.74, 6) is 0.235. The Morgan fingerprint density at radius 3 is 2.86 bits per heavy atom. The van der Waals surface area contributed by atoms with Gasteiger partial charge in [-0.25, -0.2) is 4.98 Å². The number of halogens is 1. The van der Waals surface area contributed by atoms with Gasteiger partial charge in [-0.15, -0.1) is 11.3 Å². The van der Waals surface area contributed by atoms with Crippen molar-refractivity contribution < 1.29 is 9.53 Å². The van der Waals surface area contributed by atoms with E-state index in [1.54, 1.807) is 6.07 Å². The molecule has 0 atom stereocenters. The summed E-state index contributed by atoms with van der Waals surface area (Å²) in [5, 5.41) is 3.92. The van der Waals surface area contributed by atoms with Crippen molar-refractivity contribution in [2.75, 3.05) is 25.5 Å². The Morgan fingerprint density at radius 1 is 1.25 bits per heavy atom. The van der Waals surface area contributed by atoms with Crippen molar-refractivity contribution in [1.82, 2.24) is 9.88 Å². The van der Waals surface area contributed by atoms with Crippen LogP contribution >= 0.6 is 22.9 Å². The number of nitrogens with zero attached hydrogens (tertiary/aromatic N) is 2. The molecule has 1 N–H and O–H groups in total. The Balaban J connectivity index is 1.36. The molecule has 144 valence electrons. The predicted molar refractivity (Wildman–Crippen MR) is 113 cm³/mol. The van der Waals surface area contributed by atoms with Crippen LogP contribution in [0.2, 0.25) is 5.02 Å². The molecule has 0 saturated carbocycles. The zero-order chi connectivity index (χ0) is 19.5. The van der Waals surface area contributed by atoms with Crippen molar-refractivity contribution in [3.63, 3.8) is 0 Å². The van der Waals surface area contributed by atoms with E-state index < -0.39 is 0 Å². The van der Waals surface area contributed by atoms with Crippen molar-refractivity contribution in [2.24, 2.45) is 0 Å². The number of rotatable bonds is 5. The maximum absolute atomic E-state index is 12.2. The first-order valence-corrected chi connectivity index (χ1v) is 10.2. The van der Waals surface area contributed by atoms with Gasteiger partial charge >= 0.3 is 0 Å². The fraction of sp³-hybridized carbons (Fsp3) is 0.238. The van der Waals surface area contributed by atoms with Crippen LogP contribution in [0.1, 0.15) is 10.6 Å². The van der Waals surface area contributed by atoms with E-state index in [2.05, 4.69) is 22.2 Å². The van der Waals surface area contributed by atoms with Gasteiger partial charge < -0.3 is 9.64 Å². The fourth-order valence-corrected chi connectivity index (χ4v) is 4.44. The Bertz CT molecular complexity index is 991. The number of amides is 1. The van der Waals surface area contributed by atoms with Gasteiger partial charge in [0.15, 0.2) is 11.7 Å². The van der Waals surface area contributed by atoms with Crippen molar-refractivity contribution >= 4 is 34.0 Å². The quantitative estimate of drug-likeness (QED) is 0.670. The number of hydrogen-bond acceptors (Lipinski definition) is 5. The molecule has 1 amide bonds. The number of likely N-dealkylation sites (N-methyl/N-ethyl adjacent to an activating group) is 1. The zero-order valence-electron chi connectivity index (χ0n) is 15.4. The molecule has 7 heteroatoms. The molecule has 2 aromatic carbocycles. The second-order valence-corrected chi connectivity index (χ2v) is 8.22. The first-order valence-electron chi connectivity index (χ1n) is 9.03. The average molecular weight is 414 g/mol. The molecule has 0 spiro atoms. The Labute approximate surface area is 172 Å². The van der Waals surface area contributed by atoms with Gasteiger partial charge in [-0.1, -0.05) is 48.0 Å². The van der Waals surface area contributed by atoms with E-state index in [1.807, 2.05) is 42.5 Å². The topological polar surface area (TPSA) is 54.5 Å². The first kappa shape index (κ1) is 18.9. The molecule has 0 bridgehead atoms. The van der Waals surface area contributed by atoms with Crippen molar-refractivity contribution in [3.8, 4) is 16.9 Å². The maximum Gasteiger partial charge on any atom is 0.264 e. The van der Waals surface area contributed by atoms with Crippen LogP contribution in [0.5, 0.6) is 5.75 Å². The smallest absolute Gasteiger partial charge is 0.264 e.